The van der Waals surface area contributed by atoms with Crippen molar-refractivity contribution in [2.45, 2.75) is 57.0 Å². The van der Waals surface area contributed by atoms with Crippen molar-refractivity contribution in [3.8, 4) is 0 Å². The molecule has 132 valence electrons. The van der Waals surface area contributed by atoms with Crippen LogP contribution in [0.25, 0.3) is 0 Å². The van der Waals surface area contributed by atoms with Crippen molar-refractivity contribution < 1.29 is 9.90 Å². The van der Waals surface area contributed by atoms with Crippen molar-refractivity contribution in [3.63, 3.8) is 0 Å². The second kappa shape index (κ2) is 8.08. The van der Waals surface area contributed by atoms with Gasteiger partial charge in [-0.2, -0.15) is 0 Å². The molecular formula is C19H29N3O2. The monoisotopic (exact) mass is 331 g/mol. The van der Waals surface area contributed by atoms with Gasteiger partial charge in [0.2, 0.25) is 0 Å². The average Bonchev–Trinajstić information content (AvgIpc) is 2.62. The van der Waals surface area contributed by atoms with Gasteiger partial charge in [0.15, 0.2) is 0 Å². The van der Waals surface area contributed by atoms with Crippen LogP contribution in [0.1, 0.15) is 56.6 Å². The third-order valence-corrected chi connectivity index (χ3v) is 5.97. The van der Waals surface area contributed by atoms with E-state index >= 15 is 0 Å². The van der Waals surface area contributed by atoms with Crippen molar-refractivity contribution in [3.05, 3.63) is 30.1 Å². The van der Waals surface area contributed by atoms with E-state index in [-0.39, 0.29) is 6.04 Å². The summed E-state index contributed by atoms with van der Waals surface area (Å²) in [5.74, 6) is 0.285. The molecule has 0 radical (unpaired) electrons. The first-order chi connectivity index (χ1) is 11.6. The van der Waals surface area contributed by atoms with E-state index in [9.17, 15) is 4.79 Å². The largest absolute Gasteiger partial charge is 0.481 e. The van der Waals surface area contributed by atoms with Crippen molar-refractivity contribution in [1.82, 2.24) is 9.88 Å². The van der Waals surface area contributed by atoms with Crippen LogP contribution in [0.15, 0.2) is 24.5 Å². The van der Waals surface area contributed by atoms with Gasteiger partial charge in [-0.1, -0.05) is 0 Å². The Labute approximate surface area is 144 Å². The molecule has 1 saturated carbocycles. The molecule has 3 rings (SSSR count). The Morgan fingerprint density at radius 3 is 2.38 bits per heavy atom. The molecule has 24 heavy (non-hydrogen) atoms. The van der Waals surface area contributed by atoms with E-state index in [4.69, 9.17) is 10.8 Å². The normalized spacial score (nSPS) is 27.7. The van der Waals surface area contributed by atoms with Gasteiger partial charge in [-0.25, -0.2) is 0 Å². The number of carboxylic acid groups (broad SMARTS) is 1. The summed E-state index contributed by atoms with van der Waals surface area (Å²) in [4.78, 5) is 17.5. The van der Waals surface area contributed by atoms with E-state index in [2.05, 4.69) is 9.88 Å². The highest BCUT2D eigenvalue weighted by atomic mass is 16.4. The minimum absolute atomic E-state index is 0.112. The van der Waals surface area contributed by atoms with Gasteiger partial charge in [-0.05, 0) is 81.1 Å². The van der Waals surface area contributed by atoms with Gasteiger partial charge in [0, 0.05) is 30.9 Å². The highest BCUT2D eigenvalue weighted by Gasteiger charge is 2.31. The maximum Gasteiger partial charge on any atom is 0.303 e. The maximum absolute atomic E-state index is 10.8. The molecule has 5 heteroatoms. The first-order valence-corrected chi connectivity index (χ1v) is 9.25. The Balaban J connectivity index is 1.45. The maximum atomic E-state index is 10.8. The van der Waals surface area contributed by atoms with E-state index in [1.807, 2.05) is 24.5 Å². The molecule has 0 spiro atoms. The lowest BCUT2D eigenvalue weighted by atomic mass is 9.81. The number of nitrogens with two attached hydrogens (primary N) is 1. The number of aliphatic carboxylic acids is 1. The van der Waals surface area contributed by atoms with E-state index in [0.29, 0.717) is 24.3 Å². The van der Waals surface area contributed by atoms with Crippen LogP contribution in [0.4, 0.5) is 0 Å². The van der Waals surface area contributed by atoms with E-state index in [1.54, 1.807) is 0 Å². The SMILES string of the molecule is NC(c1ccncc1)C1CCN(C2CCC(CC(=O)O)CC2)CC1. The summed E-state index contributed by atoms with van der Waals surface area (Å²) in [6.07, 6.45) is 10.7. The summed E-state index contributed by atoms with van der Waals surface area (Å²) in [7, 11) is 0. The minimum atomic E-state index is -0.649. The number of carboxylic acids is 1. The standard InChI is InChI=1S/C19H29N3O2/c20-19(15-5-9-21-10-6-15)16-7-11-22(12-8-16)17-3-1-14(2-4-17)13-18(23)24/h5-6,9-10,14,16-17,19H,1-4,7-8,11-13,20H2,(H,23,24). The van der Waals surface area contributed by atoms with Crippen molar-refractivity contribution in [1.29, 1.82) is 0 Å². The minimum Gasteiger partial charge on any atom is -0.481 e. The van der Waals surface area contributed by atoms with Gasteiger partial charge < -0.3 is 15.7 Å². The molecule has 1 atom stereocenters. The van der Waals surface area contributed by atoms with Gasteiger partial charge in [0.05, 0.1) is 0 Å². The third-order valence-electron chi connectivity index (χ3n) is 5.97. The van der Waals surface area contributed by atoms with Crippen LogP contribution in [-0.4, -0.2) is 40.1 Å². The van der Waals surface area contributed by atoms with Gasteiger partial charge in [0.1, 0.15) is 0 Å². The number of likely N-dealkylation sites (tertiary alicyclic amines) is 1. The summed E-state index contributed by atoms with van der Waals surface area (Å²) in [6.45, 7) is 2.25. The van der Waals surface area contributed by atoms with Gasteiger partial charge in [-0.15, -0.1) is 0 Å². The van der Waals surface area contributed by atoms with Crippen molar-refractivity contribution in [2.75, 3.05) is 13.1 Å². The summed E-state index contributed by atoms with van der Waals surface area (Å²) in [5.41, 5.74) is 7.65. The van der Waals surface area contributed by atoms with Gasteiger partial charge in [0.25, 0.3) is 0 Å². The molecule has 0 bridgehead atoms. The van der Waals surface area contributed by atoms with E-state index < -0.39 is 5.97 Å². The zero-order valence-corrected chi connectivity index (χ0v) is 14.3. The lowest BCUT2D eigenvalue weighted by Crippen LogP contribution is -2.44. The fourth-order valence-corrected chi connectivity index (χ4v) is 4.46. The number of hydrogen-bond donors (Lipinski definition) is 2. The zero-order chi connectivity index (χ0) is 16.9. The molecule has 1 saturated heterocycles. The van der Waals surface area contributed by atoms with Crippen LogP contribution in [0.3, 0.4) is 0 Å². The Bertz CT molecular complexity index is 521. The molecule has 1 aromatic rings. The van der Waals surface area contributed by atoms with E-state index in [0.717, 1.165) is 51.6 Å². The van der Waals surface area contributed by atoms with Crippen molar-refractivity contribution >= 4 is 5.97 Å². The topological polar surface area (TPSA) is 79.5 Å². The number of carbonyl (C=O) groups is 1. The number of hydrogen-bond acceptors (Lipinski definition) is 4. The molecule has 0 aromatic carbocycles. The number of pyridine rings is 1. The van der Waals surface area contributed by atoms with E-state index in [1.165, 1.54) is 5.56 Å². The lowest BCUT2D eigenvalue weighted by Gasteiger charge is -2.41. The van der Waals surface area contributed by atoms with Gasteiger partial charge >= 0.3 is 5.97 Å². The number of aromatic nitrogens is 1. The van der Waals surface area contributed by atoms with Crippen LogP contribution in [0, 0.1) is 11.8 Å². The summed E-state index contributed by atoms with van der Waals surface area (Å²) in [6, 6.07) is 4.82. The molecule has 1 aliphatic carbocycles. The molecule has 0 amide bonds. The molecule has 2 fully saturated rings. The molecule has 1 aliphatic heterocycles. The van der Waals surface area contributed by atoms with Crippen LogP contribution in [0.2, 0.25) is 0 Å². The summed E-state index contributed by atoms with van der Waals surface area (Å²) in [5, 5.41) is 8.93. The van der Waals surface area contributed by atoms with Crippen LogP contribution in [0.5, 0.6) is 0 Å². The molecule has 1 unspecified atom stereocenters. The Hall–Kier alpha value is -1.46. The van der Waals surface area contributed by atoms with Crippen LogP contribution >= 0.6 is 0 Å². The van der Waals surface area contributed by atoms with Crippen molar-refractivity contribution in [2.24, 2.45) is 17.6 Å². The molecule has 5 nitrogen and oxygen atoms in total. The summed E-state index contributed by atoms with van der Waals surface area (Å²) >= 11 is 0. The number of nitrogens with zero attached hydrogens (tertiary/aromatic N) is 2. The molecule has 2 heterocycles. The number of rotatable bonds is 5. The first-order valence-electron chi connectivity index (χ1n) is 9.25. The predicted molar refractivity (Wildman–Crippen MR) is 93.5 cm³/mol. The fraction of sp³-hybridized carbons (Fsp3) is 0.684. The molecule has 2 aliphatic rings. The smallest absolute Gasteiger partial charge is 0.303 e. The first kappa shape index (κ1) is 17.4. The molecule has 1 aromatic heterocycles. The molecular weight excluding hydrogens is 302 g/mol. The quantitative estimate of drug-likeness (QED) is 0.867. The highest BCUT2D eigenvalue weighted by Crippen LogP contribution is 2.34. The molecule has 3 N–H and O–H groups in total. The lowest BCUT2D eigenvalue weighted by molar-refractivity contribution is -0.138. The predicted octanol–water partition coefficient (Wildman–Crippen LogP) is 2.83. The Morgan fingerprint density at radius 1 is 1.17 bits per heavy atom. The fourth-order valence-electron chi connectivity index (χ4n) is 4.46. The zero-order valence-electron chi connectivity index (χ0n) is 14.3. The summed E-state index contributed by atoms with van der Waals surface area (Å²) < 4.78 is 0. The average molecular weight is 331 g/mol. The second-order valence-electron chi connectivity index (χ2n) is 7.45. The third kappa shape index (κ3) is 4.33. The van der Waals surface area contributed by atoms with Crippen LogP contribution in [-0.2, 0) is 4.79 Å². The Morgan fingerprint density at radius 2 is 1.79 bits per heavy atom. The number of piperidine rings is 1. The second-order valence-corrected chi connectivity index (χ2v) is 7.45. The van der Waals surface area contributed by atoms with Crippen LogP contribution < -0.4 is 5.73 Å². The highest BCUT2D eigenvalue weighted by molar-refractivity contribution is 5.67. The Kier molecular flexibility index (Phi) is 5.85. The van der Waals surface area contributed by atoms with Gasteiger partial charge in [-0.3, -0.25) is 9.78 Å².